The highest BCUT2D eigenvalue weighted by molar-refractivity contribution is 5.89. The van der Waals surface area contributed by atoms with Crippen molar-refractivity contribution in [2.24, 2.45) is 5.92 Å². The number of nitrogens with one attached hydrogen (secondary N) is 3. The van der Waals surface area contributed by atoms with E-state index in [0.717, 1.165) is 22.6 Å². The lowest BCUT2D eigenvalue weighted by Gasteiger charge is -2.22. The monoisotopic (exact) mass is 408 g/mol. The van der Waals surface area contributed by atoms with Crippen LogP contribution >= 0.6 is 0 Å². The van der Waals surface area contributed by atoms with Gasteiger partial charge in [0.15, 0.2) is 0 Å². The highest BCUT2D eigenvalue weighted by Gasteiger charge is 2.33. The molecule has 30 heavy (non-hydrogen) atoms. The average molecular weight is 409 g/mol. The molecule has 2 aromatic rings. The molecule has 0 radical (unpaired) electrons. The highest BCUT2D eigenvalue weighted by Crippen LogP contribution is 2.22. The molecular weight excluding hydrogens is 376 g/mol. The van der Waals surface area contributed by atoms with Gasteiger partial charge in [0.05, 0.1) is 5.92 Å². The van der Waals surface area contributed by atoms with Gasteiger partial charge in [-0.3, -0.25) is 9.59 Å². The standard InChI is InChI=1S/C24H32N4O2/c1-5-28-16-18(14-22(28)29)23(30)25-15-17-6-8-19(9-7-17)26-20-10-12-21(13-11-20)27-24(2,3)4/h6-13,18,26-27H,5,14-16H2,1-4H3,(H,25,30). The van der Waals surface area contributed by atoms with Crippen LogP contribution in [0.4, 0.5) is 17.1 Å². The number of amides is 2. The summed E-state index contributed by atoms with van der Waals surface area (Å²) in [6, 6.07) is 16.2. The second-order valence-electron chi connectivity index (χ2n) is 8.83. The third-order valence-corrected chi connectivity index (χ3v) is 5.08. The van der Waals surface area contributed by atoms with Gasteiger partial charge in [0.1, 0.15) is 0 Å². The van der Waals surface area contributed by atoms with Gasteiger partial charge >= 0.3 is 0 Å². The predicted molar refractivity (Wildman–Crippen MR) is 122 cm³/mol. The molecular formula is C24H32N4O2. The maximum atomic E-state index is 12.3. The molecule has 6 nitrogen and oxygen atoms in total. The minimum Gasteiger partial charge on any atom is -0.380 e. The first-order chi connectivity index (χ1) is 14.2. The Bertz CT molecular complexity index is 870. The van der Waals surface area contributed by atoms with E-state index in [-0.39, 0.29) is 23.3 Å². The lowest BCUT2D eigenvalue weighted by molar-refractivity contribution is -0.128. The van der Waals surface area contributed by atoms with E-state index in [1.165, 1.54) is 0 Å². The number of likely N-dealkylation sites (tertiary alicyclic amines) is 1. The summed E-state index contributed by atoms with van der Waals surface area (Å²) in [5.41, 5.74) is 4.15. The molecule has 0 spiro atoms. The molecule has 1 unspecified atom stereocenters. The van der Waals surface area contributed by atoms with Crippen molar-refractivity contribution in [1.82, 2.24) is 10.2 Å². The average Bonchev–Trinajstić information content (AvgIpc) is 3.08. The van der Waals surface area contributed by atoms with Gasteiger partial charge in [0.2, 0.25) is 11.8 Å². The second-order valence-corrected chi connectivity index (χ2v) is 8.83. The van der Waals surface area contributed by atoms with Gasteiger partial charge in [0.25, 0.3) is 0 Å². The molecule has 1 aliphatic rings. The summed E-state index contributed by atoms with van der Waals surface area (Å²) in [5.74, 6) is -0.227. The molecule has 0 saturated carbocycles. The van der Waals surface area contributed by atoms with Crippen molar-refractivity contribution < 1.29 is 9.59 Å². The molecule has 3 rings (SSSR count). The van der Waals surface area contributed by atoms with Crippen LogP contribution < -0.4 is 16.0 Å². The van der Waals surface area contributed by atoms with E-state index in [9.17, 15) is 9.59 Å². The topological polar surface area (TPSA) is 73.5 Å². The first kappa shape index (κ1) is 21.7. The Balaban J connectivity index is 1.49. The second kappa shape index (κ2) is 9.20. The lowest BCUT2D eigenvalue weighted by Crippen LogP contribution is -2.32. The Labute approximate surface area is 179 Å². The molecule has 1 heterocycles. The normalized spacial score (nSPS) is 16.5. The largest absolute Gasteiger partial charge is 0.380 e. The van der Waals surface area contributed by atoms with Gasteiger partial charge in [-0.15, -0.1) is 0 Å². The van der Waals surface area contributed by atoms with Gasteiger partial charge in [-0.05, 0) is 69.7 Å². The maximum absolute atomic E-state index is 12.3. The smallest absolute Gasteiger partial charge is 0.225 e. The molecule has 0 aromatic heterocycles. The Morgan fingerprint density at radius 2 is 1.57 bits per heavy atom. The molecule has 1 fully saturated rings. The lowest BCUT2D eigenvalue weighted by atomic mass is 10.1. The van der Waals surface area contributed by atoms with Crippen LogP contribution in [0.25, 0.3) is 0 Å². The minimum atomic E-state index is -0.242. The van der Waals surface area contributed by atoms with Gasteiger partial charge in [-0.25, -0.2) is 0 Å². The van der Waals surface area contributed by atoms with Crippen LogP contribution in [0.2, 0.25) is 0 Å². The fraction of sp³-hybridized carbons (Fsp3) is 0.417. The Morgan fingerprint density at radius 3 is 2.10 bits per heavy atom. The summed E-state index contributed by atoms with van der Waals surface area (Å²) in [6.45, 7) is 9.98. The van der Waals surface area contributed by atoms with Gasteiger partial charge in [-0.2, -0.15) is 0 Å². The third-order valence-electron chi connectivity index (χ3n) is 5.08. The summed E-state index contributed by atoms with van der Waals surface area (Å²) in [4.78, 5) is 25.9. The van der Waals surface area contributed by atoms with E-state index in [1.54, 1.807) is 4.90 Å². The van der Waals surface area contributed by atoms with Gasteiger partial charge < -0.3 is 20.9 Å². The highest BCUT2D eigenvalue weighted by atomic mass is 16.2. The van der Waals surface area contributed by atoms with Crippen LogP contribution in [0, 0.1) is 5.92 Å². The Kier molecular flexibility index (Phi) is 6.65. The van der Waals surface area contributed by atoms with Crippen LogP contribution in [0.5, 0.6) is 0 Å². The molecule has 0 bridgehead atoms. The quantitative estimate of drug-likeness (QED) is 0.644. The van der Waals surface area contributed by atoms with Gasteiger partial charge in [0, 0.05) is 48.7 Å². The van der Waals surface area contributed by atoms with Crippen molar-refractivity contribution in [3.63, 3.8) is 0 Å². The van der Waals surface area contributed by atoms with E-state index < -0.39 is 0 Å². The van der Waals surface area contributed by atoms with Crippen LogP contribution in [0.15, 0.2) is 48.5 Å². The molecule has 6 heteroatoms. The van der Waals surface area contributed by atoms with Crippen LogP contribution in [0.3, 0.4) is 0 Å². The zero-order chi connectivity index (χ0) is 21.7. The van der Waals surface area contributed by atoms with E-state index in [2.05, 4.69) is 48.9 Å². The number of anilines is 3. The SMILES string of the molecule is CCN1CC(C(=O)NCc2ccc(Nc3ccc(NC(C)(C)C)cc3)cc2)CC1=O. The molecule has 0 aliphatic carbocycles. The molecule has 1 aliphatic heterocycles. The number of rotatable bonds is 7. The summed E-state index contributed by atoms with van der Waals surface area (Å²) < 4.78 is 0. The number of carbonyl (C=O) groups is 2. The van der Waals surface area contributed by atoms with E-state index >= 15 is 0 Å². The fourth-order valence-corrected chi connectivity index (χ4v) is 3.53. The van der Waals surface area contributed by atoms with Crippen molar-refractivity contribution in [2.45, 2.75) is 46.2 Å². The van der Waals surface area contributed by atoms with Crippen molar-refractivity contribution in [3.8, 4) is 0 Å². The van der Waals surface area contributed by atoms with E-state index in [4.69, 9.17) is 0 Å². The number of hydrogen-bond acceptors (Lipinski definition) is 4. The number of carbonyl (C=O) groups excluding carboxylic acids is 2. The molecule has 1 saturated heterocycles. The molecule has 2 amide bonds. The summed E-state index contributed by atoms with van der Waals surface area (Å²) in [7, 11) is 0. The first-order valence-electron chi connectivity index (χ1n) is 10.5. The summed E-state index contributed by atoms with van der Waals surface area (Å²) in [6.07, 6.45) is 0.312. The first-order valence-corrected chi connectivity index (χ1v) is 10.5. The molecule has 3 N–H and O–H groups in total. The van der Waals surface area contributed by atoms with Crippen molar-refractivity contribution >= 4 is 28.9 Å². The van der Waals surface area contributed by atoms with Crippen LogP contribution in [-0.2, 0) is 16.1 Å². The predicted octanol–water partition coefficient (Wildman–Crippen LogP) is 4.13. The maximum Gasteiger partial charge on any atom is 0.225 e. The van der Waals surface area contributed by atoms with E-state index in [1.807, 2.05) is 43.3 Å². The third kappa shape index (κ3) is 5.99. The molecule has 160 valence electrons. The van der Waals surface area contributed by atoms with Crippen molar-refractivity contribution in [1.29, 1.82) is 0 Å². The van der Waals surface area contributed by atoms with Crippen molar-refractivity contribution in [2.75, 3.05) is 23.7 Å². The van der Waals surface area contributed by atoms with Crippen molar-refractivity contribution in [3.05, 3.63) is 54.1 Å². The zero-order valence-corrected chi connectivity index (χ0v) is 18.3. The number of hydrogen-bond donors (Lipinski definition) is 3. The minimum absolute atomic E-state index is 0.0306. The van der Waals surface area contributed by atoms with Gasteiger partial charge in [-0.1, -0.05) is 12.1 Å². The Morgan fingerprint density at radius 1 is 1.00 bits per heavy atom. The Hall–Kier alpha value is -3.02. The fourth-order valence-electron chi connectivity index (χ4n) is 3.53. The summed E-state index contributed by atoms with van der Waals surface area (Å²) >= 11 is 0. The van der Waals surface area contributed by atoms with Crippen LogP contribution in [-0.4, -0.2) is 35.3 Å². The summed E-state index contributed by atoms with van der Waals surface area (Å²) in [5, 5.41) is 9.79. The number of nitrogens with zero attached hydrogens (tertiary/aromatic N) is 1. The zero-order valence-electron chi connectivity index (χ0n) is 18.3. The molecule has 2 aromatic carbocycles. The number of benzene rings is 2. The van der Waals surface area contributed by atoms with E-state index in [0.29, 0.717) is 26.1 Å². The van der Waals surface area contributed by atoms with Crippen LogP contribution in [0.1, 0.15) is 39.7 Å². The molecule has 1 atom stereocenters.